The van der Waals surface area contributed by atoms with Gasteiger partial charge in [0.1, 0.15) is 0 Å². The van der Waals surface area contributed by atoms with E-state index >= 15 is 0 Å². The van der Waals surface area contributed by atoms with Crippen LogP contribution >= 0.6 is 0 Å². The predicted octanol–water partition coefficient (Wildman–Crippen LogP) is 6.05. The first-order chi connectivity index (χ1) is 9.47. The van der Waals surface area contributed by atoms with Crippen LogP contribution < -0.4 is 0 Å². The third kappa shape index (κ3) is 6.91. The topological polar surface area (TPSA) is 9.23 Å². The second kappa shape index (κ2) is 10.7. The van der Waals surface area contributed by atoms with E-state index in [0.29, 0.717) is 18.4 Å². The molecule has 1 nitrogen and oxygen atoms in total. The fraction of sp³-hybridized carbons (Fsp3) is 0.579. The zero-order valence-corrected chi connectivity index (χ0v) is 14.2. The number of methoxy groups -OCH3 is 1. The number of allylic oxidation sites excluding steroid dienone is 1. The molecular weight excluding hydrogens is 244 g/mol. The molecular formula is C19H32O. The molecule has 0 bridgehead atoms. The summed E-state index contributed by atoms with van der Waals surface area (Å²) in [7, 11) is 1.74. The van der Waals surface area contributed by atoms with Crippen LogP contribution in [0.25, 0.3) is 0 Å². The molecule has 1 heteroatoms. The minimum atomic E-state index is 0.583. The van der Waals surface area contributed by atoms with E-state index in [1.165, 1.54) is 23.1 Å². The van der Waals surface area contributed by atoms with Gasteiger partial charge in [-0.15, -0.1) is 6.58 Å². The third-order valence-corrected chi connectivity index (χ3v) is 3.20. The molecule has 0 N–H and O–H groups in total. The van der Waals surface area contributed by atoms with Crippen LogP contribution in [-0.2, 0) is 11.3 Å². The molecule has 0 aliphatic heterocycles. The molecule has 0 aromatic heterocycles. The van der Waals surface area contributed by atoms with E-state index in [0.717, 1.165) is 6.42 Å². The van der Waals surface area contributed by atoms with Crippen molar-refractivity contribution in [3.05, 3.63) is 47.5 Å². The molecule has 1 aromatic carbocycles. The summed E-state index contributed by atoms with van der Waals surface area (Å²) in [5.41, 5.74) is 4.19. The quantitative estimate of drug-likeness (QED) is 0.574. The molecule has 0 fully saturated rings. The Hall–Kier alpha value is -1.08. The lowest BCUT2D eigenvalue weighted by Crippen LogP contribution is -2.00. The highest BCUT2D eigenvalue weighted by atomic mass is 16.5. The van der Waals surface area contributed by atoms with Gasteiger partial charge < -0.3 is 4.74 Å². The van der Waals surface area contributed by atoms with Crippen LogP contribution in [-0.4, -0.2) is 7.11 Å². The van der Waals surface area contributed by atoms with Crippen molar-refractivity contribution in [2.45, 2.75) is 65.9 Å². The molecule has 1 rings (SSSR count). The lowest BCUT2D eigenvalue weighted by Gasteiger charge is -2.17. The fourth-order valence-electron chi connectivity index (χ4n) is 2.11. The molecule has 0 heterocycles. The minimum Gasteiger partial charge on any atom is -0.380 e. The summed E-state index contributed by atoms with van der Waals surface area (Å²) in [6.45, 7) is 15.4. The van der Waals surface area contributed by atoms with Crippen LogP contribution in [0.3, 0.4) is 0 Å². The monoisotopic (exact) mass is 276 g/mol. The van der Waals surface area contributed by atoms with Crippen molar-refractivity contribution in [3.8, 4) is 0 Å². The number of ether oxygens (including phenoxy) is 1. The van der Waals surface area contributed by atoms with Crippen LogP contribution in [0.4, 0.5) is 0 Å². The van der Waals surface area contributed by atoms with Gasteiger partial charge in [0.25, 0.3) is 0 Å². The molecule has 0 amide bonds. The molecule has 0 aliphatic carbocycles. The normalized spacial score (nSPS) is 10.4. The summed E-state index contributed by atoms with van der Waals surface area (Å²) in [6, 6.07) is 6.70. The van der Waals surface area contributed by atoms with Gasteiger partial charge in [-0.05, 0) is 34.9 Å². The number of hydrogen-bond donors (Lipinski definition) is 0. The third-order valence-electron chi connectivity index (χ3n) is 3.20. The van der Waals surface area contributed by atoms with Crippen molar-refractivity contribution in [2.75, 3.05) is 7.11 Å². The molecule has 1 aromatic rings. The van der Waals surface area contributed by atoms with Crippen LogP contribution in [0.2, 0.25) is 0 Å². The van der Waals surface area contributed by atoms with E-state index < -0.39 is 0 Å². The summed E-state index contributed by atoms with van der Waals surface area (Å²) in [4.78, 5) is 0. The van der Waals surface area contributed by atoms with E-state index in [-0.39, 0.29) is 0 Å². The van der Waals surface area contributed by atoms with Gasteiger partial charge >= 0.3 is 0 Å². The highest BCUT2D eigenvalue weighted by Crippen LogP contribution is 2.27. The predicted molar refractivity (Wildman–Crippen MR) is 90.4 cm³/mol. The van der Waals surface area contributed by atoms with Gasteiger partial charge in [-0.25, -0.2) is 0 Å². The summed E-state index contributed by atoms with van der Waals surface area (Å²) in [5, 5.41) is 0. The number of benzene rings is 1. The summed E-state index contributed by atoms with van der Waals surface area (Å²) < 4.78 is 5.16. The fourth-order valence-corrected chi connectivity index (χ4v) is 2.11. The molecule has 0 saturated heterocycles. The molecule has 20 heavy (non-hydrogen) atoms. The Morgan fingerprint density at radius 1 is 1.10 bits per heavy atom. The van der Waals surface area contributed by atoms with E-state index in [2.05, 4.69) is 59.4 Å². The first-order valence-electron chi connectivity index (χ1n) is 7.70. The van der Waals surface area contributed by atoms with Crippen molar-refractivity contribution >= 4 is 0 Å². The van der Waals surface area contributed by atoms with Crippen molar-refractivity contribution < 1.29 is 4.74 Å². The number of unbranched alkanes of at least 4 members (excludes halogenated alkanes) is 1. The van der Waals surface area contributed by atoms with Crippen molar-refractivity contribution in [3.63, 3.8) is 0 Å². The van der Waals surface area contributed by atoms with Crippen LogP contribution in [0.5, 0.6) is 0 Å². The van der Waals surface area contributed by atoms with E-state index in [1.54, 1.807) is 7.11 Å². The highest BCUT2D eigenvalue weighted by Gasteiger charge is 2.10. The molecule has 0 spiro atoms. The van der Waals surface area contributed by atoms with Gasteiger partial charge in [0.15, 0.2) is 0 Å². The molecule has 114 valence electrons. The van der Waals surface area contributed by atoms with Crippen molar-refractivity contribution in [1.29, 1.82) is 0 Å². The Balaban J connectivity index is 0.000000621. The van der Waals surface area contributed by atoms with Crippen molar-refractivity contribution in [2.24, 2.45) is 0 Å². The molecule has 0 saturated carbocycles. The Bertz CT molecular complexity index is 377. The van der Waals surface area contributed by atoms with Gasteiger partial charge in [0.2, 0.25) is 0 Å². The van der Waals surface area contributed by atoms with E-state index in [4.69, 9.17) is 4.74 Å². The van der Waals surface area contributed by atoms with Crippen LogP contribution in [0.15, 0.2) is 30.9 Å². The van der Waals surface area contributed by atoms with Gasteiger partial charge in [-0.3, -0.25) is 0 Å². The van der Waals surface area contributed by atoms with Crippen molar-refractivity contribution in [1.82, 2.24) is 0 Å². The first-order valence-corrected chi connectivity index (χ1v) is 7.70. The average molecular weight is 276 g/mol. The first kappa shape index (κ1) is 18.9. The maximum atomic E-state index is 5.16. The van der Waals surface area contributed by atoms with E-state index in [9.17, 15) is 0 Å². The average Bonchev–Trinajstić information content (AvgIpc) is 2.40. The Kier molecular flexibility index (Phi) is 10.1. The maximum Gasteiger partial charge on any atom is 0.0713 e. The van der Waals surface area contributed by atoms with Gasteiger partial charge in [0.05, 0.1) is 6.61 Å². The maximum absolute atomic E-state index is 5.16. The summed E-state index contributed by atoms with van der Waals surface area (Å²) in [5.74, 6) is 1.18. The largest absolute Gasteiger partial charge is 0.380 e. The van der Waals surface area contributed by atoms with Gasteiger partial charge in [-0.1, -0.05) is 65.3 Å². The second-order valence-corrected chi connectivity index (χ2v) is 5.78. The Morgan fingerprint density at radius 2 is 1.70 bits per heavy atom. The van der Waals surface area contributed by atoms with Gasteiger partial charge in [0, 0.05) is 7.11 Å². The van der Waals surface area contributed by atoms with E-state index in [1.807, 2.05) is 6.08 Å². The minimum absolute atomic E-state index is 0.583. The summed E-state index contributed by atoms with van der Waals surface area (Å²) >= 11 is 0. The molecule has 0 atom stereocenters. The standard InChI is InChI=1S/C14H22O.C5H10/c1-10(2)13-7-6-12(9-15-5)8-14(13)11(3)4;1-3-5-4-2/h6-8,10-11H,9H2,1-5H3;3H,1,4-5H2,2H3. The van der Waals surface area contributed by atoms with Crippen LogP contribution in [0.1, 0.15) is 76.0 Å². The lowest BCUT2D eigenvalue weighted by atomic mass is 9.89. The zero-order chi connectivity index (χ0) is 15.5. The molecule has 0 aliphatic rings. The smallest absolute Gasteiger partial charge is 0.0713 e. The number of hydrogen-bond acceptors (Lipinski definition) is 1. The molecule has 0 radical (unpaired) electrons. The highest BCUT2D eigenvalue weighted by molar-refractivity contribution is 5.36. The Labute approximate surface area is 126 Å². The second-order valence-electron chi connectivity index (χ2n) is 5.78. The lowest BCUT2D eigenvalue weighted by molar-refractivity contribution is 0.185. The Morgan fingerprint density at radius 3 is 2.05 bits per heavy atom. The molecule has 0 unspecified atom stereocenters. The number of rotatable bonds is 6. The summed E-state index contributed by atoms with van der Waals surface area (Å²) in [6.07, 6.45) is 4.31. The SMILES string of the molecule is C=CCCC.COCc1ccc(C(C)C)c(C(C)C)c1. The zero-order valence-electron chi connectivity index (χ0n) is 14.2. The van der Waals surface area contributed by atoms with Gasteiger partial charge in [-0.2, -0.15) is 0 Å². The van der Waals surface area contributed by atoms with Crippen LogP contribution in [0, 0.1) is 0 Å².